The largest absolute Gasteiger partial charge is 0.481 e. The zero-order valence-electron chi connectivity index (χ0n) is 9.15. The van der Waals surface area contributed by atoms with Crippen LogP contribution < -0.4 is 0 Å². The smallest absolute Gasteiger partial charge is 0.304 e. The van der Waals surface area contributed by atoms with Crippen LogP contribution in [0.5, 0.6) is 0 Å². The average Bonchev–Trinajstić information content (AvgIpc) is 2.18. The van der Waals surface area contributed by atoms with E-state index in [1.807, 2.05) is 0 Å². The number of hydrogen-bond donors (Lipinski definition) is 1. The zero-order chi connectivity index (χ0) is 13.4. The van der Waals surface area contributed by atoms with Crippen molar-refractivity contribution in [2.24, 2.45) is 0 Å². The Balaban J connectivity index is 3.37. The first kappa shape index (κ1) is 13.8. The lowest BCUT2D eigenvalue weighted by molar-refractivity contribution is -0.138. The Morgan fingerprint density at radius 1 is 1.35 bits per heavy atom. The number of aliphatic carboxylic acids is 1. The molecule has 0 saturated carbocycles. The summed E-state index contributed by atoms with van der Waals surface area (Å²) in [6.07, 6.45) is -0.425. The molecule has 0 spiro atoms. The van der Waals surface area contributed by atoms with Gasteiger partial charge in [-0.2, -0.15) is 0 Å². The maximum atomic E-state index is 13.7. The van der Waals surface area contributed by atoms with Crippen LogP contribution >= 0.6 is 11.6 Å². The van der Waals surface area contributed by atoms with Gasteiger partial charge >= 0.3 is 5.97 Å². The van der Waals surface area contributed by atoms with Crippen molar-refractivity contribution in [2.75, 3.05) is 0 Å². The molecule has 0 bridgehead atoms. The molecule has 0 amide bonds. The second-order valence-corrected chi connectivity index (χ2v) is 4.68. The van der Waals surface area contributed by atoms with Crippen LogP contribution in [0.4, 0.5) is 13.2 Å². The standard InChI is InChI=1S/C11H10ClF3O2/c1-11(2,4-7(16)17)5-3-6(13)10(15)8(12)9(5)14/h3H,4H2,1-2H3,(H,16,17). The van der Waals surface area contributed by atoms with Crippen LogP contribution in [0.3, 0.4) is 0 Å². The minimum Gasteiger partial charge on any atom is -0.481 e. The predicted octanol–water partition coefficient (Wildman–Crippen LogP) is 3.51. The van der Waals surface area contributed by atoms with E-state index in [0.717, 1.165) is 0 Å². The lowest BCUT2D eigenvalue weighted by Gasteiger charge is -2.24. The van der Waals surface area contributed by atoms with Gasteiger partial charge in [-0.15, -0.1) is 0 Å². The molecule has 1 aromatic rings. The van der Waals surface area contributed by atoms with Crippen LogP contribution in [0.25, 0.3) is 0 Å². The highest BCUT2D eigenvalue weighted by molar-refractivity contribution is 6.31. The Morgan fingerprint density at radius 3 is 2.35 bits per heavy atom. The van der Waals surface area contributed by atoms with Crippen LogP contribution in [0, 0.1) is 17.5 Å². The van der Waals surface area contributed by atoms with E-state index >= 15 is 0 Å². The molecule has 1 rings (SSSR count). The van der Waals surface area contributed by atoms with Gasteiger partial charge in [0.2, 0.25) is 0 Å². The minimum atomic E-state index is -1.47. The normalized spacial score (nSPS) is 11.6. The summed E-state index contributed by atoms with van der Waals surface area (Å²) in [7, 11) is 0. The highest BCUT2D eigenvalue weighted by atomic mass is 35.5. The maximum absolute atomic E-state index is 13.7. The van der Waals surface area contributed by atoms with Crippen LogP contribution in [-0.2, 0) is 10.2 Å². The third-order valence-electron chi connectivity index (χ3n) is 2.42. The highest BCUT2D eigenvalue weighted by Crippen LogP contribution is 2.34. The summed E-state index contributed by atoms with van der Waals surface area (Å²) >= 11 is 5.29. The van der Waals surface area contributed by atoms with E-state index in [1.165, 1.54) is 13.8 Å². The molecule has 17 heavy (non-hydrogen) atoms. The van der Waals surface area contributed by atoms with Crippen LogP contribution in [0.1, 0.15) is 25.8 Å². The van der Waals surface area contributed by atoms with Gasteiger partial charge in [0.05, 0.1) is 6.42 Å². The molecule has 0 saturated heterocycles. The molecule has 94 valence electrons. The highest BCUT2D eigenvalue weighted by Gasteiger charge is 2.30. The predicted molar refractivity (Wildman–Crippen MR) is 56.6 cm³/mol. The van der Waals surface area contributed by atoms with Gasteiger partial charge < -0.3 is 5.11 Å². The molecular weight excluding hydrogens is 257 g/mol. The maximum Gasteiger partial charge on any atom is 0.304 e. The van der Waals surface area contributed by atoms with E-state index in [2.05, 4.69) is 0 Å². The lowest BCUT2D eigenvalue weighted by atomic mass is 9.81. The quantitative estimate of drug-likeness (QED) is 0.671. The molecule has 0 aliphatic rings. The van der Waals surface area contributed by atoms with Crippen molar-refractivity contribution in [3.8, 4) is 0 Å². The molecule has 0 atom stereocenters. The molecule has 0 fully saturated rings. The number of benzene rings is 1. The monoisotopic (exact) mass is 266 g/mol. The van der Waals surface area contributed by atoms with Crippen molar-refractivity contribution in [1.82, 2.24) is 0 Å². The van der Waals surface area contributed by atoms with E-state index < -0.39 is 40.3 Å². The molecule has 0 aliphatic carbocycles. The van der Waals surface area contributed by atoms with Crippen molar-refractivity contribution in [2.45, 2.75) is 25.7 Å². The fourth-order valence-electron chi connectivity index (χ4n) is 1.54. The van der Waals surface area contributed by atoms with Crippen molar-refractivity contribution >= 4 is 17.6 Å². The Kier molecular flexibility index (Phi) is 3.71. The fraction of sp³-hybridized carbons (Fsp3) is 0.364. The summed E-state index contributed by atoms with van der Waals surface area (Å²) in [5.41, 5.74) is -1.45. The summed E-state index contributed by atoms with van der Waals surface area (Å²) in [6.45, 7) is 2.82. The first-order chi connectivity index (χ1) is 7.66. The van der Waals surface area contributed by atoms with Gasteiger partial charge in [-0.3, -0.25) is 4.79 Å². The van der Waals surface area contributed by atoms with Gasteiger partial charge in [-0.05, 0) is 11.6 Å². The minimum absolute atomic E-state index is 0.260. The van der Waals surface area contributed by atoms with Gasteiger partial charge in [0.15, 0.2) is 11.6 Å². The third kappa shape index (κ3) is 2.72. The molecule has 6 heteroatoms. The van der Waals surface area contributed by atoms with Crippen LogP contribution in [-0.4, -0.2) is 11.1 Å². The molecule has 0 unspecified atom stereocenters. The SMILES string of the molecule is CC(C)(CC(=O)O)c1cc(F)c(F)c(Cl)c1F. The molecule has 1 N–H and O–H groups in total. The fourth-order valence-corrected chi connectivity index (χ4v) is 1.73. The van der Waals surface area contributed by atoms with E-state index in [1.54, 1.807) is 0 Å². The van der Waals surface area contributed by atoms with Gasteiger partial charge in [-0.25, -0.2) is 13.2 Å². The first-order valence-corrected chi connectivity index (χ1v) is 5.10. The van der Waals surface area contributed by atoms with E-state index in [4.69, 9.17) is 16.7 Å². The number of halogens is 4. The zero-order valence-corrected chi connectivity index (χ0v) is 9.91. The number of carboxylic acids is 1. The van der Waals surface area contributed by atoms with Gasteiger partial charge in [0, 0.05) is 5.41 Å². The van der Waals surface area contributed by atoms with E-state index in [9.17, 15) is 18.0 Å². The van der Waals surface area contributed by atoms with Gasteiger partial charge in [0.1, 0.15) is 10.8 Å². The molecule has 0 heterocycles. The second kappa shape index (κ2) is 4.56. The number of carboxylic acid groups (broad SMARTS) is 1. The van der Waals surface area contributed by atoms with E-state index in [0.29, 0.717) is 6.07 Å². The first-order valence-electron chi connectivity index (χ1n) is 4.72. The van der Waals surface area contributed by atoms with Gasteiger partial charge in [-0.1, -0.05) is 25.4 Å². The molecule has 0 aliphatic heterocycles. The van der Waals surface area contributed by atoms with E-state index in [-0.39, 0.29) is 5.56 Å². The summed E-state index contributed by atoms with van der Waals surface area (Å²) in [5, 5.41) is 7.71. The summed E-state index contributed by atoms with van der Waals surface area (Å²) in [6, 6.07) is 0.638. The Bertz CT molecular complexity index is 472. The molecule has 0 aromatic heterocycles. The van der Waals surface area contributed by atoms with Crippen molar-refractivity contribution in [3.05, 3.63) is 34.1 Å². The average molecular weight is 267 g/mol. The Labute approximate surface area is 101 Å². The summed E-state index contributed by atoms with van der Waals surface area (Å²) in [5.74, 6) is -5.07. The number of rotatable bonds is 3. The van der Waals surface area contributed by atoms with Crippen LogP contribution in [0.15, 0.2) is 6.07 Å². The molecular formula is C11H10ClF3O2. The Morgan fingerprint density at radius 2 is 1.88 bits per heavy atom. The van der Waals surface area contributed by atoms with Crippen molar-refractivity contribution in [1.29, 1.82) is 0 Å². The Hall–Kier alpha value is -1.23. The molecule has 1 aromatic carbocycles. The lowest BCUT2D eigenvalue weighted by Crippen LogP contribution is -2.24. The van der Waals surface area contributed by atoms with Gasteiger partial charge in [0.25, 0.3) is 0 Å². The topological polar surface area (TPSA) is 37.3 Å². The summed E-state index contributed by atoms with van der Waals surface area (Å²) < 4.78 is 39.7. The number of hydrogen-bond acceptors (Lipinski definition) is 1. The van der Waals surface area contributed by atoms with Crippen molar-refractivity contribution in [3.63, 3.8) is 0 Å². The molecule has 2 nitrogen and oxygen atoms in total. The van der Waals surface area contributed by atoms with Crippen LogP contribution in [0.2, 0.25) is 5.02 Å². The second-order valence-electron chi connectivity index (χ2n) is 4.30. The van der Waals surface area contributed by atoms with Crippen molar-refractivity contribution < 1.29 is 23.1 Å². The summed E-state index contributed by atoms with van der Waals surface area (Å²) in [4.78, 5) is 10.6. The number of carbonyl (C=O) groups is 1. The molecule has 0 radical (unpaired) electrons. The third-order valence-corrected chi connectivity index (χ3v) is 2.76.